The SMILES string of the molecule is O=C(Nc1nc2cc(CO)ccc2n1C1CCC(CO)CC1)c1cccc([N+](=O)[O-])c1. The molecule has 1 amide bonds. The summed E-state index contributed by atoms with van der Waals surface area (Å²) < 4.78 is 2.00. The molecule has 1 aliphatic carbocycles. The molecule has 1 saturated carbocycles. The second kappa shape index (κ2) is 8.83. The monoisotopic (exact) mass is 424 g/mol. The highest BCUT2D eigenvalue weighted by Gasteiger charge is 2.26. The third kappa shape index (κ3) is 4.28. The molecule has 0 unspecified atom stereocenters. The quantitative estimate of drug-likeness (QED) is 0.411. The highest BCUT2D eigenvalue weighted by atomic mass is 16.6. The number of non-ortho nitro benzene ring substituents is 1. The largest absolute Gasteiger partial charge is 0.396 e. The van der Waals surface area contributed by atoms with E-state index in [4.69, 9.17) is 0 Å². The van der Waals surface area contributed by atoms with Gasteiger partial charge in [0.25, 0.3) is 11.6 Å². The van der Waals surface area contributed by atoms with Crippen LogP contribution in [-0.2, 0) is 6.61 Å². The maximum absolute atomic E-state index is 12.9. The van der Waals surface area contributed by atoms with E-state index in [1.54, 1.807) is 6.07 Å². The van der Waals surface area contributed by atoms with Crippen molar-refractivity contribution >= 4 is 28.6 Å². The zero-order chi connectivity index (χ0) is 22.0. The Morgan fingerprint density at radius 2 is 1.94 bits per heavy atom. The number of rotatable bonds is 6. The Hall–Kier alpha value is -3.30. The molecule has 0 spiro atoms. The molecule has 4 rings (SSSR count). The lowest BCUT2D eigenvalue weighted by Crippen LogP contribution is -2.23. The smallest absolute Gasteiger partial charge is 0.270 e. The average molecular weight is 424 g/mol. The molecule has 31 heavy (non-hydrogen) atoms. The number of anilines is 1. The molecule has 3 aromatic rings. The van der Waals surface area contributed by atoms with E-state index >= 15 is 0 Å². The van der Waals surface area contributed by atoms with Crippen LogP contribution in [0.2, 0.25) is 0 Å². The lowest BCUT2D eigenvalue weighted by molar-refractivity contribution is -0.384. The van der Waals surface area contributed by atoms with Crippen molar-refractivity contribution in [1.29, 1.82) is 0 Å². The van der Waals surface area contributed by atoms with Crippen LogP contribution in [0.25, 0.3) is 11.0 Å². The summed E-state index contributed by atoms with van der Waals surface area (Å²) in [5.74, 6) is 0.177. The van der Waals surface area contributed by atoms with Crippen LogP contribution >= 0.6 is 0 Å². The van der Waals surface area contributed by atoms with Crippen LogP contribution in [0.1, 0.15) is 47.6 Å². The summed E-state index contributed by atoms with van der Waals surface area (Å²) in [5.41, 5.74) is 2.24. The van der Waals surface area contributed by atoms with Crippen molar-refractivity contribution in [3.8, 4) is 0 Å². The molecule has 162 valence electrons. The maximum atomic E-state index is 12.9. The van der Waals surface area contributed by atoms with E-state index in [0.29, 0.717) is 11.5 Å². The Morgan fingerprint density at radius 3 is 2.61 bits per heavy atom. The minimum absolute atomic E-state index is 0.105. The number of fused-ring (bicyclic) bond motifs is 1. The number of aromatic nitrogens is 2. The van der Waals surface area contributed by atoms with Gasteiger partial charge in [-0.3, -0.25) is 20.2 Å². The number of amides is 1. The van der Waals surface area contributed by atoms with Gasteiger partial charge in [-0.25, -0.2) is 4.98 Å². The molecule has 0 saturated heterocycles. The molecule has 9 nitrogen and oxygen atoms in total. The first-order chi connectivity index (χ1) is 15.0. The van der Waals surface area contributed by atoms with E-state index in [0.717, 1.165) is 36.8 Å². The van der Waals surface area contributed by atoms with Crippen molar-refractivity contribution in [3.63, 3.8) is 0 Å². The number of nitrogens with one attached hydrogen (secondary N) is 1. The number of carbonyl (C=O) groups is 1. The van der Waals surface area contributed by atoms with Crippen molar-refractivity contribution < 1.29 is 19.9 Å². The molecule has 1 aliphatic rings. The van der Waals surface area contributed by atoms with E-state index in [9.17, 15) is 25.1 Å². The number of hydrogen-bond acceptors (Lipinski definition) is 6. The lowest BCUT2D eigenvalue weighted by Gasteiger charge is -2.29. The van der Waals surface area contributed by atoms with E-state index in [1.807, 2.05) is 16.7 Å². The highest BCUT2D eigenvalue weighted by Crippen LogP contribution is 2.37. The Morgan fingerprint density at radius 1 is 1.16 bits per heavy atom. The third-order valence-corrected chi connectivity index (χ3v) is 5.92. The summed E-state index contributed by atoms with van der Waals surface area (Å²) in [4.78, 5) is 28.0. The Bertz CT molecular complexity index is 1120. The molecule has 0 radical (unpaired) electrons. The molecule has 1 aromatic heterocycles. The van der Waals surface area contributed by atoms with Crippen LogP contribution in [-0.4, -0.2) is 37.2 Å². The fourth-order valence-electron chi connectivity index (χ4n) is 4.22. The molecule has 0 bridgehead atoms. The van der Waals surface area contributed by atoms with Crippen LogP contribution in [0.4, 0.5) is 11.6 Å². The normalized spacial score (nSPS) is 18.8. The zero-order valence-corrected chi connectivity index (χ0v) is 16.9. The van der Waals surface area contributed by atoms with Gasteiger partial charge < -0.3 is 14.8 Å². The van der Waals surface area contributed by atoms with E-state index < -0.39 is 10.8 Å². The van der Waals surface area contributed by atoms with Crippen molar-refractivity contribution in [2.75, 3.05) is 11.9 Å². The minimum atomic E-state index is -0.540. The average Bonchev–Trinajstić information content (AvgIpc) is 3.15. The van der Waals surface area contributed by atoms with E-state index in [-0.39, 0.29) is 36.4 Å². The highest BCUT2D eigenvalue weighted by molar-refractivity contribution is 6.04. The van der Waals surface area contributed by atoms with Crippen molar-refractivity contribution in [2.45, 2.75) is 38.3 Å². The lowest BCUT2D eigenvalue weighted by atomic mass is 9.86. The standard InChI is InChI=1S/C22H24N4O5/c27-12-14-4-7-17(8-5-14)25-20-9-6-15(13-28)10-19(20)23-22(25)24-21(29)16-2-1-3-18(11-16)26(30)31/h1-3,6,9-11,14,17,27-28H,4-5,7-8,12-13H2,(H,23,24,29). The number of benzene rings is 2. The van der Waals surface area contributed by atoms with Crippen LogP contribution in [0.3, 0.4) is 0 Å². The van der Waals surface area contributed by atoms with Crippen molar-refractivity contribution in [1.82, 2.24) is 9.55 Å². The first kappa shape index (κ1) is 21.0. The Labute approximate surface area is 178 Å². The number of nitrogens with zero attached hydrogens (tertiary/aromatic N) is 3. The van der Waals surface area contributed by atoms with Crippen molar-refractivity contribution in [2.24, 2.45) is 5.92 Å². The van der Waals surface area contributed by atoms with E-state index in [2.05, 4.69) is 10.3 Å². The maximum Gasteiger partial charge on any atom is 0.270 e. The van der Waals surface area contributed by atoms with Crippen LogP contribution in [0.15, 0.2) is 42.5 Å². The first-order valence-electron chi connectivity index (χ1n) is 10.3. The van der Waals surface area contributed by atoms with Gasteiger partial charge in [0.1, 0.15) is 0 Å². The van der Waals surface area contributed by atoms with E-state index in [1.165, 1.54) is 24.3 Å². The summed E-state index contributed by atoms with van der Waals surface area (Å²) in [7, 11) is 0. The summed E-state index contributed by atoms with van der Waals surface area (Å²) in [6.45, 7) is 0.0629. The minimum Gasteiger partial charge on any atom is -0.396 e. The molecule has 1 heterocycles. The Balaban J connectivity index is 1.70. The number of nitro benzene ring substituents is 1. The number of imidazole rings is 1. The molecule has 2 aromatic carbocycles. The van der Waals surface area contributed by atoms with Gasteiger partial charge in [0.2, 0.25) is 5.95 Å². The Kier molecular flexibility index (Phi) is 5.97. The molecule has 0 atom stereocenters. The number of aliphatic hydroxyl groups is 2. The number of carbonyl (C=O) groups excluding carboxylic acids is 1. The first-order valence-corrected chi connectivity index (χ1v) is 10.3. The van der Waals surface area contributed by atoms with Gasteiger partial charge in [0.05, 0.1) is 22.6 Å². The predicted molar refractivity (Wildman–Crippen MR) is 115 cm³/mol. The summed E-state index contributed by atoms with van der Waals surface area (Å²) >= 11 is 0. The van der Waals surface area contributed by atoms with Gasteiger partial charge >= 0.3 is 0 Å². The second-order valence-electron chi connectivity index (χ2n) is 7.91. The fourth-order valence-corrected chi connectivity index (χ4v) is 4.22. The summed E-state index contributed by atoms with van der Waals surface area (Å²) in [6.07, 6.45) is 3.46. The van der Waals surface area contributed by atoms with Crippen LogP contribution < -0.4 is 5.32 Å². The molecule has 9 heteroatoms. The third-order valence-electron chi connectivity index (χ3n) is 5.92. The molecule has 3 N–H and O–H groups in total. The number of hydrogen-bond donors (Lipinski definition) is 3. The van der Waals surface area contributed by atoms with Gasteiger partial charge in [-0.15, -0.1) is 0 Å². The second-order valence-corrected chi connectivity index (χ2v) is 7.91. The topological polar surface area (TPSA) is 131 Å². The fraction of sp³-hybridized carbons (Fsp3) is 0.364. The molecule has 0 aliphatic heterocycles. The van der Waals surface area contributed by atoms with Gasteiger partial charge in [-0.05, 0) is 55.4 Å². The number of aliphatic hydroxyl groups excluding tert-OH is 2. The summed E-state index contributed by atoms with van der Waals surface area (Å²) in [6, 6.07) is 11.2. The molecular weight excluding hydrogens is 400 g/mol. The molecule has 1 fully saturated rings. The van der Waals surface area contributed by atoms with Gasteiger partial charge in [0, 0.05) is 30.3 Å². The summed E-state index contributed by atoms with van der Waals surface area (Å²) in [5, 5.41) is 32.8. The van der Waals surface area contributed by atoms with Gasteiger partial charge in [-0.2, -0.15) is 0 Å². The predicted octanol–water partition coefficient (Wildman–Crippen LogP) is 3.41. The van der Waals surface area contributed by atoms with Crippen LogP contribution in [0.5, 0.6) is 0 Å². The van der Waals surface area contributed by atoms with Gasteiger partial charge in [0.15, 0.2) is 0 Å². The van der Waals surface area contributed by atoms with Crippen LogP contribution in [0, 0.1) is 16.0 Å². The molecular formula is C22H24N4O5. The zero-order valence-electron chi connectivity index (χ0n) is 16.9. The number of nitro groups is 1. The van der Waals surface area contributed by atoms with Gasteiger partial charge in [-0.1, -0.05) is 12.1 Å². The van der Waals surface area contributed by atoms with Crippen molar-refractivity contribution in [3.05, 3.63) is 63.7 Å².